The fourth-order valence-corrected chi connectivity index (χ4v) is 3.52. The molecule has 2 saturated heterocycles. The number of ether oxygens (including phenoxy) is 1. The molecule has 0 bridgehead atoms. The van der Waals surface area contributed by atoms with Gasteiger partial charge in [-0.25, -0.2) is 4.98 Å². The van der Waals surface area contributed by atoms with Gasteiger partial charge in [0.15, 0.2) is 0 Å². The third-order valence-electron chi connectivity index (χ3n) is 4.92. The summed E-state index contributed by atoms with van der Waals surface area (Å²) in [6.07, 6.45) is 8.00. The molecule has 23 heavy (non-hydrogen) atoms. The number of hydrogen-bond donors (Lipinski definition) is 1. The van der Waals surface area contributed by atoms with E-state index in [1.54, 1.807) is 12.7 Å². The van der Waals surface area contributed by atoms with Gasteiger partial charge < -0.3 is 10.1 Å². The highest BCUT2D eigenvalue weighted by molar-refractivity contribution is 5.81. The van der Waals surface area contributed by atoms with Crippen molar-refractivity contribution < 1.29 is 9.53 Å². The average Bonchev–Trinajstić information content (AvgIpc) is 3.25. The molecule has 0 spiro atoms. The fraction of sp³-hybridized carbons (Fsp3) is 0.812. The summed E-state index contributed by atoms with van der Waals surface area (Å²) in [5, 5.41) is 7.23. The zero-order valence-corrected chi connectivity index (χ0v) is 13.9. The van der Waals surface area contributed by atoms with E-state index in [4.69, 9.17) is 4.74 Å². The van der Waals surface area contributed by atoms with Crippen LogP contribution in [0, 0.1) is 5.92 Å². The Bertz CT molecular complexity index is 487. The quantitative estimate of drug-likeness (QED) is 0.834. The third kappa shape index (κ3) is 4.51. The predicted molar refractivity (Wildman–Crippen MR) is 85.8 cm³/mol. The SMILES string of the molecule is C[C@H](C(=O)NC[C@@H]1CCCO1)N1CCC[C@@H](Cn2cncn2)C1. The maximum atomic E-state index is 12.4. The second-order valence-electron chi connectivity index (χ2n) is 6.68. The standard InChI is InChI=1S/C16H27N5O2/c1-13(16(22)18-8-15-5-3-7-23-15)20-6-2-4-14(9-20)10-21-12-17-11-19-21/h11-15H,2-10H2,1H3,(H,18,22)/t13-,14-,15+/m1/s1. The lowest BCUT2D eigenvalue weighted by Gasteiger charge is -2.36. The van der Waals surface area contributed by atoms with E-state index in [9.17, 15) is 4.79 Å². The molecule has 0 aliphatic carbocycles. The normalized spacial score (nSPS) is 27.0. The minimum absolute atomic E-state index is 0.0880. The average molecular weight is 321 g/mol. The maximum Gasteiger partial charge on any atom is 0.237 e. The van der Waals surface area contributed by atoms with E-state index >= 15 is 0 Å². The van der Waals surface area contributed by atoms with Crippen molar-refractivity contribution in [2.24, 2.45) is 5.92 Å². The summed E-state index contributed by atoms with van der Waals surface area (Å²) in [6.45, 7) is 6.27. The third-order valence-corrected chi connectivity index (χ3v) is 4.92. The monoisotopic (exact) mass is 321 g/mol. The molecule has 2 aliphatic heterocycles. The van der Waals surface area contributed by atoms with Crippen LogP contribution in [0.5, 0.6) is 0 Å². The van der Waals surface area contributed by atoms with Crippen LogP contribution >= 0.6 is 0 Å². The molecule has 1 N–H and O–H groups in total. The number of nitrogens with one attached hydrogen (secondary N) is 1. The molecule has 128 valence electrons. The Kier molecular flexibility index (Phi) is 5.61. The van der Waals surface area contributed by atoms with Gasteiger partial charge in [-0.2, -0.15) is 5.10 Å². The van der Waals surface area contributed by atoms with Gasteiger partial charge in [0.05, 0.1) is 12.1 Å². The van der Waals surface area contributed by atoms with E-state index in [2.05, 4.69) is 20.3 Å². The zero-order chi connectivity index (χ0) is 16.1. The summed E-state index contributed by atoms with van der Waals surface area (Å²) >= 11 is 0. The Morgan fingerprint density at radius 1 is 1.43 bits per heavy atom. The van der Waals surface area contributed by atoms with Crippen molar-refractivity contribution >= 4 is 5.91 Å². The first-order valence-electron chi connectivity index (χ1n) is 8.68. The Morgan fingerprint density at radius 2 is 2.35 bits per heavy atom. The minimum atomic E-state index is -0.0880. The van der Waals surface area contributed by atoms with Gasteiger partial charge in [0, 0.05) is 26.2 Å². The first-order chi connectivity index (χ1) is 11.2. The Hall–Kier alpha value is -1.47. The molecular formula is C16H27N5O2. The summed E-state index contributed by atoms with van der Waals surface area (Å²) in [6, 6.07) is -0.0880. The molecule has 0 unspecified atom stereocenters. The number of likely N-dealkylation sites (tertiary alicyclic amines) is 1. The number of rotatable bonds is 6. The zero-order valence-electron chi connectivity index (χ0n) is 13.9. The molecule has 0 saturated carbocycles. The van der Waals surface area contributed by atoms with Crippen molar-refractivity contribution in [3.05, 3.63) is 12.7 Å². The summed E-state index contributed by atoms with van der Waals surface area (Å²) in [4.78, 5) is 18.7. The van der Waals surface area contributed by atoms with Crippen molar-refractivity contribution in [1.82, 2.24) is 25.0 Å². The first-order valence-corrected chi connectivity index (χ1v) is 8.68. The molecule has 0 aromatic carbocycles. The van der Waals surface area contributed by atoms with Crippen LogP contribution in [-0.4, -0.2) is 64.0 Å². The van der Waals surface area contributed by atoms with Gasteiger partial charge >= 0.3 is 0 Å². The molecule has 0 radical (unpaired) electrons. The molecule has 3 atom stereocenters. The number of hydrogen-bond acceptors (Lipinski definition) is 5. The number of nitrogens with zero attached hydrogens (tertiary/aromatic N) is 4. The Morgan fingerprint density at radius 3 is 3.09 bits per heavy atom. The molecule has 7 nitrogen and oxygen atoms in total. The lowest BCUT2D eigenvalue weighted by atomic mass is 9.96. The molecule has 3 heterocycles. The molecule has 1 amide bonds. The fourth-order valence-electron chi connectivity index (χ4n) is 3.52. The smallest absolute Gasteiger partial charge is 0.237 e. The van der Waals surface area contributed by atoms with Crippen LogP contribution in [0.1, 0.15) is 32.6 Å². The van der Waals surface area contributed by atoms with Gasteiger partial charge in [-0.05, 0) is 45.1 Å². The van der Waals surface area contributed by atoms with Crippen LogP contribution in [0.4, 0.5) is 0 Å². The van der Waals surface area contributed by atoms with E-state index < -0.39 is 0 Å². The van der Waals surface area contributed by atoms with Crippen LogP contribution in [-0.2, 0) is 16.1 Å². The summed E-state index contributed by atoms with van der Waals surface area (Å²) in [5.41, 5.74) is 0. The van der Waals surface area contributed by atoms with Crippen molar-refractivity contribution in [1.29, 1.82) is 0 Å². The van der Waals surface area contributed by atoms with Crippen molar-refractivity contribution in [2.45, 2.75) is 51.3 Å². The van der Waals surface area contributed by atoms with E-state index in [0.717, 1.165) is 45.5 Å². The highest BCUT2D eigenvalue weighted by Crippen LogP contribution is 2.20. The van der Waals surface area contributed by atoms with Crippen LogP contribution < -0.4 is 5.32 Å². The van der Waals surface area contributed by atoms with E-state index in [0.29, 0.717) is 12.5 Å². The van der Waals surface area contributed by atoms with Gasteiger partial charge in [0.1, 0.15) is 12.7 Å². The number of piperidine rings is 1. The van der Waals surface area contributed by atoms with Crippen LogP contribution in [0.15, 0.2) is 12.7 Å². The highest BCUT2D eigenvalue weighted by atomic mass is 16.5. The molecule has 7 heteroatoms. The van der Waals surface area contributed by atoms with Gasteiger partial charge in [0.2, 0.25) is 5.91 Å². The van der Waals surface area contributed by atoms with E-state index in [1.807, 2.05) is 11.6 Å². The van der Waals surface area contributed by atoms with Gasteiger partial charge in [-0.1, -0.05) is 0 Å². The van der Waals surface area contributed by atoms with Gasteiger partial charge in [0.25, 0.3) is 0 Å². The van der Waals surface area contributed by atoms with Crippen LogP contribution in [0.25, 0.3) is 0 Å². The number of carbonyl (C=O) groups excluding carboxylic acids is 1. The molecule has 1 aromatic rings. The van der Waals surface area contributed by atoms with Crippen molar-refractivity contribution in [2.75, 3.05) is 26.2 Å². The largest absolute Gasteiger partial charge is 0.376 e. The molecular weight excluding hydrogens is 294 g/mol. The Labute approximate surface area is 137 Å². The summed E-state index contributed by atoms with van der Waals surface area (Å²) in [7, 11) is 0. The van der Waals surface area contributed by atoms with Crippen molar-refractivity contribution in [3.63, 3.8) is 0 Å². The Balaban J connectivity index is 1.45. The second-order valence-corrected chi connectivity index (χ2v) is 6.68. The molecule has 1 aromatic heterocycles. The minimum Gasteiger partial charge on any atom is -0.376 e. The van der Waals surface area contributed by atoms with Crippen LogP contribution in [0.3, 0.4) is 0 Å². The number of carbonyl (C=O) groups is 1. The number of aromatic nitrogens is 3. The highest BCUT2D eigenvalue weighted by Gasteiger charge is 2.28. The van der Waals surface area contributed by atoms with E-state index in [1.165, 1.54) is 6.42 Å². The second kappa shape index (κ2) is 7.88. The predicted octanol–water partition coefficient (Wildman–Crippen LogP) is 0.674. The van der Waals surface area contributed by atoms with Gasteiger partial charge in [-0.15, -0.1) is 0 Å². The summed E-state index contributed by atoms with van der Waals surface area (Å²) < 4.78 is 7.45. The van der Waals surface area contributed by atoms with Crippen molar-refractivity contribution in [3.8, 4) is 0 Å². The first kappa shape index (κ1) is 16.4. The molecule has 2 fully saturated rings. The lowest BCUT2D eigenvalue weighted by molar-refractivity contribution is -0.127. The number of amides is 1. The lowest BCUT2D eigenvalue weighted by Crippen LogP contribution is -2.50. The van der Waals surface area contributed by atoms with Crippen LogP contribution in [0.2, 0.25) is 0 Å². The molecule has 3 rings (SSSR count). The maximum absolute atomic E-state index is 12.4. The molecule has 2 aliphatic rings. The van der Waals surface area contributed by atoms with E-state index in [-0.39, 0.29) is 18.1 Å². The van der Waals surface area contributed by atoms with Gasteiger partial charge in [-0.3, -0.25) is 14.4 Å². The summed E-state index contributed by atoms with van der Waals surface area (Å²) in [5.74, 6) is 0.640. The topological polar surface area (TPSA) is 72.3 Å².